The summed E-state index contributed by atoms with van der Waals surface area (Å²) in [6, 6.07) is 24.7. The summed E-state index contributed by atoms with van der Waals surface area (Å²) >= 11 is 0. The molecule has 0 heterocycles. The first-order valence-electron chi connectivity index (χ1n) is 10.4. The summed E-state index contributed by atoms with van der Waals surface area (Å²) in [6.07, 6.45) is -4.74. The summed E-state index contributed by atoms with van der Waals surface area (Å²) in [5, 5.41) is 2.51. The Morgan fingerprint density at radius 1 is 0.794 bits per heavy atom. The van der Waals surface area contributed by atoms with Crippen molar-refractivity contribution in [1.29, 1.82) is 0 Å². The van der Waals surface area contributed by atoms with Crippen LogP contribution in [0.1, 0.15) is 11.1 Å². The number of carbonyl (C=O) groups excluding carboxylic acids is 1. The summed E-state index contributed by atoms with van der Waals surface area (Å²) in [5.74, 6) is -0.534. The Morgan fingerprint density at radius 3 is 2.18 bits per heavy atom. The second-order valence-corrected chi connectivity index (χ2v) is 7.52. The van der Waals surface area contributed by atoms with E-state index in [9.17, 15) is 22.4 Å². The second-order valence-electron chi connectivity index (χ2n) is 7.52. The van der Waals surface area contributed by atoms with Gasteiger partial charge in [-0.3, -0.25) is 4.79 Å². The molecule has 0 saturated heterocycles. The minimum Gasteiger partial charge on any atom is -0.455 e. The van der Waals surface area contributed by atoms with Gasteiger partial charge in [0.2, 0.25) is 5.91 Å². The minimum atomic E-state index is -4.60. The third-order valence-corrected chi connectivity index (χ3v) is 5.05. The first-order chi connectivity index (χ1) is 16.3. The largest absolute Gasteiger partial charge is 0.455 e. The van der Waals surface area contributed by atoms with Gasteiger partial charge in [0.05, 0.1) is 17.7 Å². The van der Waals surface area contributed by atoms with Crippen molar-refractivity contribution >= 4 is 11.6 Å². The monoisotopic (exact) mass is 465 g/mol. The molecule has 0 saturated carbocycles. The van der Waals surface area contributed by atoms with Gasteiger partial charge in [0.25, 0.3) is 0 Å². The Labute approximate surface area is 193 Å². The van der Waals surface area contributed by atoms with E-state index in [0.29, 0.717) is 11.3 Å². The zero-order valence-electron chi connectivity index (χ0n) is 17.8. The van der Waals surface area contributed by atoms with Crippen LogP contribution < -0.4 is 10.1 Å². The summed E-state index contributed by atoms with van der Waals surface area (Å²) in [7, 11) is 0. The molecule has 34 heavy (non-hydrogen) atoms. The fraction of sp³-hybridized carbons (Fsp3) is 0.0741. The van der Waals surface area contributed by atoms with E-state index in [1.807, 2.05) is 42.5 Å². The Morgan fingerprint density at radius 2 is 1.47 bits per heavy atom. The van der Waals surface area contributed by atoms with Crippen LogP contribution in [0.5, 0.6) is 11.5 Å². The van der Waals surface area contributed by atoms with Gasteiger partial charge in [-0.05, 0) is 47.5 Å². The van der Waals surface area contributed by atoms with Gasteiger partial charge in [0.1, 0.15) is 11.6 Å². The van der Waals surface area contributed by atoms with Gasteiger partial charge in [-0.2, -0.15) is 13.2 Å². The van der Waals surface area contributed by atoms with E-state index in [-0.39, 0.29) is 17.9 Å². The molecule has 0 aliphatic carbocycles. The van der Waals surface area contributed by atoms with Crippen LogP contribution in [-0.2, 0) is 17.4 Å². The SMILES string of the molecule is O=C(Cc1ccc(F)cc1)Nc1cc(C(F)(F)F)ccc1Oc1ccccc1-c1ccccc1. The maximum Gasteiger partial charge on any atom is 0.416 e. The molecule has 1 N–H and O–H groups in total. The number of hydrogen-bond acceptors (Lipinski definition) is 2. The predicted octanol–water partition coefficient (Wildman–Crippen LogP) is 7.49. The quantitative estimate of drug-likeness (QED) is 0.300. The standard InChI is InChI=1S/C27H19F4NO2/c28-21-13-10-18(11-14-21)16-26(33)32-23-17-20(27(29,30)31)12-15-25(23)34-24-9-5-4-8-22(24)19-6-2-1-3-7-19/h1-15,17H,16H2,(H,32,33). The lowest BCUT2D eigenvalue weighted by Crippen LogP contribution is -2.16. The van der Waals surface area contributed by atoms with Gasteiger partial charge in [-0.25, -0.2) is 4.39 Å². The van der Waals surface area contributed by atoms with Crippen LogP contribution >= 0.6 is 0 Å². The molecular weight excluding hydrogens is 446 g/mol. The number of halogens is 4. The molecule has 4 rings (SSSR count). The lowest BCUT2D eigenvalue weighted by Gasteiger charge is -2.17. The summed E-state index contributed by atoms with van der Waals surface area (Å²) in [6.45, 7) is 0. The average Bonchev–Trinajstić information content (AvgIpc) is 2.82. The van der Waals surface area contributed by atoms with Gasteiger partial charge < -0.3 is 10.1 Å². The zero-order valence-corrected chi connectivity index (χ0v) is 17.8. The lowest BCUT2D eigenvalue weighted by molar-refractivity contribution is -0.137. The highest BCUT2D eigenvalue weighted by Crippen LogP contribution is 2.39. The van der Waals surface area contributed by atoms with Crippen molar-refractivity contribution in [3.63, 3.8) is 0 Å². The number of anilines is 1. The molecule has 0 fully saturated rings. The molecule has 0 aliphatic rings. The number of ether oxygens (including phenoxy) is 1. The molecule has 7 heteroatoms. The van der Waals surface area contributed by atoms with Crippen molar-refractivity contribution in [3.8, 4) is 22.6 Å². The molecule has 0 radical (unpaired) electrons. The Balaban J connectivity index is 1.65. The first kappa shape index (κ1) is 23.0. The van der Waals surface area contributed by atoms with Crippen LogP contribution in [0.25, 0.3) is 11.1 Å². The van der Waals surface area contributed by atoms with Crippen LogP contribution in [0, 0.1) is 5.82 Å². The Kier molecular flexibility index (Phi) is 6.63. The molecule has 0 bridgehead atoms. The van der Waals surface area contributed by atoms with Crippen LogP contribution in [0.15, 0.2) is 97.1 Å². The summed E-state index contributed by atoms with van der Waals surface area (Å²) in [5.41, 5.74) is 1.08. The van der Waals surface area contributed by atoms with Gasteiger partial charge in [-0.1, -0.05) is 60.7 Å². The fourth-order valence-electron chi connectivity index (χ4n) is 3.41. The topological polar surface area (TPSA) is 38.3 Å². The van der Waals surface area contributed by atoms with E-state index in [0.717, 1.165) is 23.3 Å². The van der Waals surface area contributed by atoms with Gasteiger partial charge >= 0.3 is 6.18 Å². The molecule has 0 unspecified atom stereocenters. The van der Waals surface area contributed by atoms with Crippen molar-refractivity contribution in [2.24, 2.45) is 0 Å². The molecule has 4 aromatic rings. The fourth-order valence-corrected chi connectivity index (χ4v) is 3.41. The predicted molar refractivity (Wildman–Crippen MR) is 122 cm³/mol. The summed E-state index contributed by atoms with van der Waals surface area (Å²) < 4.78 is 59.2. The smallest absolute Gasteiger partial charge is 0.416 e. The maximum absolute atomic E-state index is 13.3. The van der Waals surface area contributed by atoms with Crippen LogP contribution in [-0.4, -0.2) is 5.91 Å². The van der Waals surface area contributed by atoms with E-state index in [1.54, 1.807) is 12.1 Å². The molecule has 1 amide bonds. The van der Waals surface area contributed by atoms with E-state index in [1.165, 1.54) is 30.3 Å². The third-order valence-electron chi connectivity index (χ3n) is 5.05. The number of hydrogen-bond donors (Lipinski definition) is 1. The highest BCUT2D eigenvalue weighted by molar-refractivity contribution is 5.94. The molecule has 4 aromatic carbocycles. The van der Waals surface area contributed by atoms with E-state index < -0.39 is 23.5 Å². The lowest BCUT2D eigenvalue weighted by atomic mass is 10.0. The average molecular weight is 465 g/mol. The van der Waals surface area contributed by atoms with Crippen molar-refractivity contribution in [2.75, 3.05) is 5.32 Å². The molecule has 172 valence electrons. The van der Waals surface area contributed by atoms with Crippen molar-refractivity contribution in [3.05, 3.63) is 114 Å². The number of carbonyl (C=O) groups is 1. The molecule has 0 aliphatic heterocycles. The van der Waals surface area contributed by atoms with Crippen molar-refractivity contribution in [1.82, 2.24) is 0 Å². The van der Waals surface area contributed by atoms with Crippen LogP contribution in [0.2, 0.25) is 0 Å². The van der Waals surface area contributed by atoms with Crippen molar-refractivity contribution in [2.45, 2.75) is 12.6 Å². The van der Waals surface area contributed by atoms with E-state index in [4.69, 9.17) is 4.74 Å². The number of alkyl halides is 3. The minimum absolute atomic E-state index is 0.0591. The highest BCUT2D eigenvalue weighted by Gasteiger charge is 2.31. The van der Waals surface area contributed by atoms with Crippen LogP contribution in [0.4, 0.5) is 23.2 Å². The third kappa shape index (κ3) is 5.61. The molecule has 0 aromatic heterocycles. The maximum atomic E-state index is 13.3. The van der Waals surface area contributed by atoms with Gasteiger partial charge in [0, 0.05) is 5.56 Å². The Bertz CT molecular complexity index is 1290. The molecule has 0 spiro atoms. The number of para-hydroxylation sites is 1. The number of amides is 1. The highest BCUT2D eigenvalue weighted by atomic mass is 19.4. The van der Waals surface area contributed by atoms with E-state index in [2.05, 4.69) is 5.32 Å². The molecule has 3 nitrogen and oxygen atoms in total. The van der Waals surface area contributed by atoms with Gasteiger partial charge in [0.15, 0.2) is 5.75 Å². The molecular formula is C27H19F4NO2. The second kappa shape index (κ2) is 9.79. The van der Waals surface area contributed by atoms with Gasteiger partial charge in [-0.15, -0.1) is 0 Å². The number of nitrogens with one attached hydrogen (secondary N) is 1. The number of rotatable bonds is 6. The Hall–Kier alpha value is -4.13. The van der Waals surface area contributed by atoms with Crippen LogP contribution in [0.3, 0.4) is 0 Å². The summed E-state index contributed by atoms with van der Waals surface area (Å²) in [4.78, 5) is 12.6. The first-order valence-corrected chi connectivity index (χ1v) is 10.4. The number of benzene rings is 4. The molecule has 0 atom stereocenters. The normalized spacial score (nSPS) is 11.2. The zero-order chi connectivity index (χ0) is 24.1. The van der Waals surface area contributed by atoms with Crippen molar-refractivity contribution < 1.29 is 27.1 Å². The van der Waals surface area contributed by atoms with E-state index >= 15 is 0 Å².